The summed E-state index contributed by atoms with van der Waals surface area (Å²) < 4.78 is 56.9. The van der Waals surface area contributed by atoms with E-state index in [0.717, 1.165) is 0 Å². The van der Waals surface area contributed by atoms with Gasteiger partial charge in [0.05, 0.1) is 18.0 Å². The fourth-order valence-electron chi connectivity index (χ4n) is 2.67. The Morgan fingerprint density at radius 2 is 1.80 bits per heavy atom. The van der Waals surface area contributed by atoms with Gasteiger partial charge in [-0.05, 0) is 42.3 Å². The molecule has 2 rings (SSSR count). The number of nitrogens with zero attached hydrogens (tertiary/aromatic N) is 1. The lowest BCUT2D eigenvalue weighted by Gasteiger charge is -2.22. The van der Waals surface area contributed by atoms with Gasteiger partial charge in [-0.1, -0.05) is 18.2 Å². The summed E-state index contributed by atoms with van der Waals surface area (Å²) in [6, 6.07) is 9.50. The number of methoxy groups -OCH3 is 1. The van der Waals surface area contributed by atoms with Crippen molar-refractivity contribution < 1.29 is 31.5 Å². The number of benzene rings is 2. The number of amides is 2. The summed E-state index contributed by atoms with van der Waals surface area (Å²) in [6.07, 6.45) is 0. The summed E-state index contributed by atoms with van der Waals surface area (Å²) in [7, 11) is -0.887. The number of hydrogen-bond acceptors (Lipinski definition) is 5. The molecule has 0 aliphatic carbocycles. The number of carbonyl (C=O) groups excluding carboxylic acids is 1. The molecular weight excluding hydrogens is 420 g/mol. The molecule has 0 fully saturated rings. The molecule has 0 heterocycles. The van der Waals surface area contributed by atoms with Gasteiger partial charge in [-0.2, -0.15) is 8.78 Å². The van der Waals surface area contributed by atoms with E-state index in [1.165, 1.54) is 36.3 Å². The van der Waals surface area contributed by atoms with Crippen LogP contribution in [0.4, 0.5) is 13.6 Å². The predicted molar refractivity (Wildman–Crippen MR) is 106 cm³/mol. The number of hydrogen-bond donors (Lipinski definition) is 2. The number of urea groups is 1. The fourth-order valence-corrected chi connectivity index (χ4v) is 3.19. The second-order valence-electron chi connectivity index (χ2n) is 6.51. The van der Waals surface area contributed by atoms with Crippen LogP contribution in [0, 0.1) is 0 Å². The van der Waals surface area contributed by atoms with Crippen LogP contribution in [0.2, 0.25) is 0 Å². The minimum absolute atomic E-state index is 0.0184. The van der Waals surface area contributed by atoms with Crippen molar-refractivity contribution in [2.45, 2.75) is 31.0 Å². The second kappa shape index (κ2) is 9.72. The summed E-state index contributed by atoms with van der Waals surface area (Å²) in [5.41, 5.74) is 1.34. The highest BCUT2D eigenvalue weighted by molar-refractivity contribution is 7.89. The third-order valence-corrected chi connectivity index (χ3v) is 5.19. The SMILES string of the molecule is COc1cc(CN(C)C(=O)N[C@H](C)c2ccc(S(N)(=O)=O)cc2)ccc1OC(F)F. The summed E-state index contributed by atoms with van der Waals surface area (Å²) in [6.45, 7) is -1.04. The summed E-state index contributed by atoms with van der Waals surface area (Å²) in [5.74, 6) is 0.0323. The molecule has 0 unspecified atom stereocenters. The van der Waals surface area contributed by atoms with Crippen LogP contribution < -0.4 is 19.9 Å². The average Bonchev–Trinajstić information content (AvgIpc) is 2.68. The average molecular weight is 443 g/mol. The molecule has 164 valence electrons. The zero-order valence-corrected chi connectivity index (χ0v) is 17.4. The summed E-state index contributed by atoms with van der Waals surface area (Å²) in [4.78, 5) is 13.9. The number of carbonyl (C=O) groups is 1. The topological polar surface area (TPSA) is 111 Å². The first-order valence-corrected chi connectivity index (χ1v) is 10.3. The van der Waals surface area contributed by atoms with Gasteiger partial charge in [0, 0.05) is 13.6 Å². The smallest absolute Gasteiger partial charge is 0.387 e. The van der Waals surface area contributed by atoms with E-state index in [9.17, 15) is 22.0 Å². The lowest BCUT2D eigenvalue weighted by Crippen LogP contribution is -2.38. The van der Waals surface area contributed by atoms with E-state index in [-0.39, 0.29) is 29.0 Å². The minimum Gasteiger partial charge on any atom is -0.493 e. The van der Waals surface area contributed by atoms with Crippen LogP contribution >= 0.6 is 0 Å². The van der Waals surface area contributed by atoms with Crippen LogP contribution in [-0.4, -0.2) is 40.1 Å². The highest BCUT2D eigenvalue weighted by Crippen LogP contribution is 2.29. The van der Waals surface area contributed by atoms with Crippen molar-refractivity contribution in [1.82, 2.24) is 10.2 Å². The zero-order valence-electron chi connectivity index (χ0n) is 16.6. The quantitative estimate of drug-likeness (QED) is 0.652. The largest absolute Gasteiger partial charge is 0.493 e. The van der Waals surface area contributed by atoms with Crippen molar-refractivity contribution >= 4 is 16.1 Å². The van der Waals surface area contributed by atoms with Gasteiger partial charge in [0.2, 0.25) is 10.0 Å². The lowest BCUT2D eigenvalue weighted by atomic mass is 10.1. The van der Waals surface area contributed by atoms with Gasteiger partial charge in [0.25, 0.3) is 0 Å². The van der Waals surface area contributed by atoms with E-state index in [0.29, 0.717) is 11.1 Å². The number of halogens is 2. The molecule has 2 aromatic carbocycles. The molecule has 0 aromatic heterocycles. The molecule has 0 spiro atoms. The second-order valence-corrected chi connectivity index (χ2v) is 8.07. The zero-order chi connectivity index (χ0) is 22.5. The van der Waals surface area contributed by atoms with E-state index in [2.05, 4.69) is 10.1 Å². The molecule has 0 bridgehead atoms. The van der Waals surface area contributed by atoms with E-state index >= 15 is 0 Å². The lowest BCUT2D eigenvalue weighted by molar-refractivity contribution is -0.0512. The third-order valence-electron chi connectivity index (χ3n) is 4.26. The van der Waals surface area contributed by atoms with Gasteiger partial charge in [0.1, 0.15) is 0 Å². The monoisotopic (exact) mass is 443 g/mol. The highest BCUT2D eigenvalue weighted by Gasteiger charge is 2.16. The van der Waals surface area contributed by atoms with E-state index in [4.69, 9.17) is 9.88 Å². The molecule has 8 nitrogen and oxygen atoms in total. The molecule has 2 amide bonds. The summed E-state index contributed by atoms with van der Waals surface area (Å²) in [5, 5.41) is 7.86. The number of sulfonamides is 1. The van der Waals surface area contributed by atoms with Gasteiger partial charge >= 0.3 is 12.6 Å². The van der Waals surface area contributed by atoms with Gasteiger partial charge in [-0.25, -0.2) is 18.4 Å². The molecule has 0 saturated carbocycles. The number of ether oxygens (including phenoxy) is 2. The van der Waals surface area contributed by atoms with Gasteiger partial charge in [-0.15, -0.1) is 0 Å². The van der Waals surface area contributed by atoms with Gasteiger partial charge < -0.3 is 19.7 Å². The minimum atomic E-state index is -3.79. The standard InChI is InChI=1S/C19H23F2N3O5S/c1-12(14-5-7-15(8-6-14)30(22,26)27)23-19(25)24(2)11-13-4-9-16(29-18(20)21)17(10-13)28-3/h4-10,12,18H,11H2,1-3H3,(H,23,25)(H2,22,26,27)/t12-/m1/s1. The van der Waals surface area contributed by atoms with Gasteiger partial charge in [-0.3, -0.25) is 0 Å². The molecule has 1 atom stereocenters. The van der Waals surface area contributed by atoms with Crippen LogP contribution in [0.15, 0.2) is 47.4 Å². The van der Waals surface area contributed by atoms with Crippen molar-refractivity contribution in [3.05, 3.63) is 53.6 Å². The Bertz CT molecular complexity index is 984. The number of rotatable bonds is 8. The molecule has 0 aliphatic heterocycles. The highest BCUT2D eigenvalue weighted by atomic mass is 32.2. The first kappa shape index (κ1) is 23.4. The number of nitrogens with one attached hydrogen (secondary N) is 1. The third kappa shape index (κ3) is 6.29. The Kier molecular flexibility index (Phi) is 7.57. The Morgan fingerprint density at radius 1 is 1.17 bits per heavy atom. The Balaban J connectivity index is 2.02. The van der Waals surface area contributed by atoms with E-state index < -0.39 is 22.7 Å². The van der Waals surface area contributed by atoms with E-state index in [1.807, 2.05) is 0 Å². The molecule has 11 heteroatoms. The maximum Gasteiger partial charge on any atom is 0.387 e. The first-order chi connectivity index (χ1) is 14.0. The van der Waals surface area contributed by atoms with Crippen LogP contribution in [0.1, 0.15) is 24.1 Å². The normalized spacial score (nSPS) is 12.4. The molecular formula is C19H23F2N3O5S. The Morgan fingerprint density at radius 3 is 2.33 bits per heavy atom. The Hall–Kier alpha value is -2.92. The van der Waals surface area contributed by atoms with Crippen LogP contribution in [0.5, 0.6) is 11.5 Å². The maximum atomic E-state index is 12.5. The molecule has 2 aromatic rings. The molecule has 30 heavy (non-hydrogen) atoms. The maximum absolute atomic E-state index is 12.5. The number of nitrogens with two attached hydrogens (primary N) is 1. The molecule has 0 saturated heterocycles. The van der Waals surface area contributed by atoms with Crippen molar-refractivity contribution in [3.8, 4) is 11.5 Å². The van der Waals surface area contributed by atoms with Crippen LogP contribution in [0.3, 0.4) is 0 Å². The van der Waals surface area contributed by atoms with E-state index in [1.54, 1.807) is 32.2 Å². The molecule has 3 N–H and O–H groups in total. The van der Waals surface area contributed by atoms with Crippen molar-refractivity contribution in [3.63, 3.8) is 0 Å². The Labute approximate surface area is 173 Å². The van der Waals surface area contributed by atoms with Crippen molar-refractivity contribution in [2.24, 2.45) is 5.14 Å². The summed E-state index contributed by atoms with van der Waals surface area (Å²) >= 11 is 0. The van der Waals surface area contributed by atoms with Crippen molar-refractivity contribution in [2.75, 3.05) is 14.2 Å². The predicted octanol–water partition coefficient (Wildman–Crippen LogP) is 2.85. The molecule has 0 aliphatic rings. The first-order valence-electron chi connectivity index (χ1n) is 8.77. The molecule has 0 radical (unpaired) electrons. The fraction of sp³-hybridized carbons (Fsp3) is 0.316. The van der Waals surface area contributed by atoms with Crippen LogP contribution in [0.25, 0.3) is 0 Å². The van der Waals surface area contributed by atoms with Crippen LogP contribution in [-0.2, 0) is 16.6 Å². The van der Waals surface area contributed by atoms with Crippen molar-refractivity contribution in [1.29, 1.82) is 0 Å². The number of primary sulfonamides is 1. The van der Waals surface area contributed by atoms with Gasteiger partial charge in [0.15, 0.2) is 11.5 Å². The number of alkyl halides is 2.